The van der Waals surface area contributed by atoms with Crippen molar-refractivity contribution in [3.8, 4) is 22.5 Å². The van der Waals surface area contributed by atoms with Gasteiger partial charge in [0.25, 0.3) is 0 Å². The van der Waals surface area contributed by atoms with E-state index in [0.29, 0.717) is 16.7 Å². The van der Waals surface area contributed by atoms with Crippen LogP contribution in [0.2, 0.25) is 0 Å². The van der Waals surface area contributed by atoms with Gasteiger partial charge in [0.05, 0.1) is 0 Å². The fourth-order valence-electron chi connectivity index (χ4n) is 4.35. The molecule has 2 heteroatoms. The summed E-state index contributed by atoms with van der Waals surface area (Å²) >= 11 is 0. The molecule has 4 rings (SSSR count). The van der Waals surface area contributed by atoms with E-state index in [-0.39, 0.29) is 20.4 Å². The summed E-state index contributed by atoms with van der Waals surface area (Å²) in [6.07, 6.45) is 3.28. The molecule has 0 saturated heterocycles. The topological polar surface area (TPSA) is 7.76 Å². The van der Waals surface area contributed by atoms with Gasteiger partial charge in [-0.05, 0) is 79.3 Å². The van der Waals surface area contributed by atoms with Crippen molar-refractivity contribution in [3.05, 3.63) is 106 Å². The highest BCUT2D eigenvalue weighted by atomic mass is 14.9. The van der Waals surface area contributed by atoms with E-state index in [2.05, 4.69) is 0 Å². The number of pyridine rings is 2. The highest BCUT2D eigenvalue weighted by molar-refractivity contribution is 5.62. The Morgan fingerprint density at radius 2 is 1.02 bits per heavy atom. The molecular formula is C38H56N2+2. The zero-order valence-electron chi connectivity index (χ0n) is 38.3. The lowest BCUT2D eigenvalue weighted by Gasteiger charge is -2.11. The normalized spacial score (nSPS) is 21.8. The third-order valence-electron chi connectivity index (χ3n) is 6.57. The lowest BCUT2D eigenvalue weighted by Crippen LogP contribution is -2.31. The second kappa shape index (κ2) is 14.9. The van der Waals surface area contributed by atoms with Crippen LogP contribution in [0.3, 0.4) is 0 Å². The van der Waals surface area contributed by atoms with Crippen molar-refractivity contribution in [1.29, 1.82) is 0 Å². The monoisotopic (exact) mass is 556 g/mol. The molecule has 4 aromatic rings. The van der Waals surface area contributed by atoms with E-state index >= 15 is 0 Å². The van der Waals surface area contributed by atoms with Gasteiger partial charge in [0, 0.05) is 54.9 Å². The Bertz CT molecular complexity index is 1880. The van der Waals surface area contributed by atoms with E-state index in [0.717, 1.165) is 33.6 Å². The highest BCUT2D eigenvalue weighted by Gasteiger charge is 2.16. The van der Waals surface area contributed by atoms with Gasteiger partial charge in [-0.15, -0.1) is 0 Å². The molecule has 0 aliphatic carbocycles. The van der Waals surface area contributed by atoms with Gasteiger partial charge < -0.3 is 0 Å². The van der Waals surface area contributed by atoms with Crippen LogP contribution < -0.4 is 9.13 Å². The summed E-state index contributed by atoms with van der Waals surface area (Å²) in [7, 11) is 3.56. The maximum atomic E-state index is 8.25. The van der Waals surface area contributed by atoms with Crippen molar-refractivity contribution < 1.29 is 29.7 Å². The van der Waals surface area contributed by atoms with Gasteiger partial charge in [0.2, 0.25) is 11.4 Å². The van der Waals surface area contributed by atoms with Gasteiger partial charge in [-0.25, -0.2) is 9.13 Å². The van der Waals surface area contributed by atoms with Gasteiger partial charge >= 0.3 is 0 Å². The lowest BCUT2D eigenvalue weighted by molar-refractivity contribution is -0.661. The van der Waals surface area contributed by atoms with Crippen molar-refractivity contribution in [1.82, 2.24) is 0 Å². The van der Waals surface area contributed by atoms with Crippen LogP contribution in [0.15, 0.2) is 73.1 Å². The molecule has 216 valence electrons. The Balaban J connectivity index is 0.000000534. The summed E-state index contributed by atoms with van der Waals surface area (Å²) in [5.41, 5.74) is 6.44. The molecule has 2 aromatic heterocycles. The predicted molar refractivity (Wildman–Crippen MR) is 176 cm³/mol. The van der Waals surface area contributed by atoms with Crippen molar-refractivity contribution in [3.63, 3.8) is 0 Å². The quantitative estimate of drug-likeness (QED) is 0.216. The summed E-state index contributed by atoms with van der Waals surface area (Å²) in [6, 6.07) is 16.9. The van der Waals surface area contributed by atoms with Crippen LogP contribution in [-0.4, -0.2) is 0 Å². The molecule has 0 aliphatic rings. The lowest BCUT2D eigenvalue weighted by atomic mass is 9.95. The first kappa shape index (κ1) is 17.5. The van der Waals surface area contributed by atoms with E-state index < -0.39 is 45.1 Å². The van der Waals surface area contributed by atoms with Crippen LogP contribution in [0.5, 0.6) is 0 Å². The Morgan fingerprint density at radius 1 is 0.600 bits per heavy atom. The molecule has 0 fully saturated rings. The van der Waals surface area contributed by atoms with Crippen LogP contribution in [-0.2, 0) is 14.1 Å². The van der Waals surface area contributed by atoms with Gasteiger partial charge in [-0.2, -0.15) is 0 Å². The maximum absolute atomic E-state index is 8.25. The SMILES string of the molecule is C.C.[2H]C([2H])([2H])C([2H])(C)c1ccc(-c2ccc(C([2H])(C)C([2H])([2H])[2H])c[n+]2C)c(C)c1.[2H]C([2H])([2H])c1ccc(-c2ccc(C([2H])(C)C([2H])([2H])[2H])c[n+]2C)c(C)c1. The fraction of sp³-hybridized carbons (Fsp3) is 0.421. The predicted octanol–water partition coefficient (Wildman–Crippen LogP) is 9.92. The van der Waals surface area contributed by atoms with Crippen LogP contribution >= 0.6 is 0 Å². The minimum Gasteiger partial charge on any atom is -0.201 e. The smallest absolute Gasteiger partial charge is 0.201 e. The number of hydrogen-bond donors (Lipinski definition) is 0. The fourth-order valence-corrected chi connectivity index (χ4v) is 4.35. The average Bonchev–Trinajstić information content (AvgIpc) is 2.99. The number of aryl methyl sites for hydroxylation is 5. The number of rotatable bonds is 5. The number of aromatic nitrogens is 2. The number of nitrogens with zero attached hydrogens (tertiary/aromatic N) is 2. The zero-order valence-corrected chi connectivity index (χ0v) is 23.3. The molecule has 0 aliphatic heterocycles. The largest absolute Gasteiger partial charge is 0.212 e. The van der Waals surface area contributed by atoms with Crippen molar-refractivity contribution in [2.45, 2.75) is 94.6 Å². The van der Waals surface area contributed by atoms with Crippen molar-refractivity contribution in [2.24, 2.45) is 14.1 Å². The number of hydrogen-bond acceptors (Lipinski definition) is 0. The van der Waals surface area contributed by atoms with Crippen LogP contribution in [0.4, 0.5) is 0 Å². The Hall–Kier alpha value is -3.26. The first-order chi connectivity index (χ1) is 23.7. The third-order valence-corrected chi connectivity index (χ3v) is 6.57. The van der Waals surface area contributed by atoms with Crippen molar-refractivity contribution >= 4 is 0 Å². The molecule has 2 nitrogen and oxygen atoms in total. The zero-order chi connectivity index (χ0) is 40.9. The summed E-state index contributed by atoms with van der Waals surface area (Å²) in [5, 5.41) is 0. The first-order valence-electron chi connectivity index (χ1n) is 20.0. The standard InChI is InChI=1S/C19H26N.C17H22N.2CH4/c1-13(2)16-7-9-18(15(5)11-16)19-10-8-17(14(3)4)12-20(19)6;1-12(2)15-7-9-17(18(5)11-15)16-8-6-13(3)10-14(16)4;;/h7-14H,1-6H3;6-12H,1-5H3;2*1H4/q2*+1;;/i1D3,3D3,13D,14D;1D3,3D3,12D;;. The van der Waals surface area contributed by atoms with Gasteiger partial charge in [-0.1, -0.05) is 86.0 Å². The summed E-state index contributed by atoms with van der Waals surface area (Å²) in [6.45, 7) is -1.65. The second-order valence-electron chi connectivity index (χ2n) is 9.76. The Morgan fingerprint density at radius 3 is 1.43 bits per heavy atom. The van der Waals surface area contributed by atoms with Crippen LogP contribution in [0.1, 0.15) is 128 Å². The maximum Gasteiger partial charge on any atom is 0.212 e. The minimum absolute atomic E-state index is 0. The molecule has 2 heterocycles. The van der Waals surface area contributed by atoms with Gasteiger partial charge in [0.1, 0.15) is 14.1 Å². The summed E-state index contributed by atoms with van der Waals surface area (Å²) < 4.78 is 119. The second-order valence-corrected chi connectivity index (χ2v) is 9.76. The molecular weight excluding hydrogens is 484 g/mol. The highest BCUT2D eigenvalue weighted by Crippen LogP contribution is 2.26. The van der Waals surface area contributed by atoms with Gasteiger partial charge in [0.15, 0.2) is 12.4 Å². The van der Waals surface area contributed by atoms with E-state index in [1.54, 1.807) is 96.3 Å². The Labute approximate surface area is 267 Å². The molecule has 40 heavy (non-hydrogen) atoms. The molecule has 3 unspecified atom stereocenters. The molecule has 0 N–H and O–H groups in total. The molecule has 0 spiro atoms. The van der Waals surface area contributed by atoms with E-state index in [1.165, 1.54) is 20.8 Å². The average molecular weight is 556 g/mol. The van der Waals surface area contributed by atoms with Crippen LogP contribution in [0, 0.1) is 20.7 Å². The summed E-state index contributed by atoms with van der Waals surface area (Å²) in [5.74, 6) is -5.15. The van der Waals surface area contributed by atoms with Crippen LogP contribution in [0.25, 0.3) is 22.5 Å². The molecule has 2 aromatic carbocycles. The molecule has 3 atom stereocenters. The van der Waals surface area contributed by atoms with E-state index in [9.17, 15) is 0 Å². The van der Waals surface area contributed by atoms with E-state index in [1.807, 2.05) is 13.8 Å². The van der Waals surface area contributed by atoms with E-state index in [4.69, 9.17) is 20.6 Å². The Kier molecular flexibility index (Phi) is 6.55. The molecule has 0 bridgehead atoms. The van der Waals surface area contributed by atoms with Gasteiger partial charge in [-0.3, -0.25) is 0 Å². The molecule has 0 radical (unpaired) electrons. The first-order valence-corrected chi connectivity index (χ1v) is 12.5. The molecule has 0 saturated carbocycles. The van der Waals surface area contributed by atoms with Crippen molar-refractivity contribution in [2.75, 3.05) is 0 Å². The third kappa shape index (κ3) is 8.37. The summed E-state index contributed by atoms with van der Waals surface area (Å²) in [4.78, 5) is 0. The molecule has 0 amide bonds. The number of benzene rings is 2. The minimum atomic E-state index is -2.45.